The van der Waals surface area contributed by atoms with Crippen molar-refractivity contribution in [2.45, 2.75) is 100 Å². The number of ketones is 1. The van der Waals surface area contributed by atoms with Crippen LogP contribution in [0, 0.1) is 11.8 Å². The number of hydrogen-bond donors (Lipinski definition) is 1. The molecular formula is C42H50N2O5. The first-order chi connectivity index (χ1) is 24.0. The SMILES string of the molecule is COc1ccc2c3c1O[C@H]1[C@H](N(CCCc4ccccc4)C(=O)CCCCC(=O)c4ccccc4)CC[C@H]4[C@@H](C2)N(CC2CC2O)CC[C@@]341. The second kappa shape index (κ2) is 13.6. The number of nitrogens with zero attached hydrogens (tertiary/aromatic N) is 2. The predicted octanol–water partition coefficient (Wildman–Crippen LogP) is 6.39. The van der Waals surface area contributed by atoms with Gasteiger partial charge >= 0.3 is 0 Å². The summed E-state index contributed by atoms with van der Waals surface area (Å²) in [6.07, 6.45) is 8.75. The summed E-state index contributed by atoms with van der Waals surface area (Å²) in [5, 5.41) is 10.2. The van der Waals surface area contributed by atoms with Gasteiger partial charge in [-0.3, -0.25) is 14.5 Å². The van der Waals surface area contributed by atoms with Crippen molar-refractivity contribution in [3.8, 4) is 11.5 Å². The Hall–Kier alpha value is -3.68. The Morgan fingerprint density at radius 1 is 0.980 bits per heavy atom. The third-order valence-corrected chi connectivity index (χ3v) is 12.5. The number of benzene rings is 3. The van der Waals surface area contributed by atoms with Gasteiger partial charge in [0.15, 0.2) is 17.3 Å². The van der Waals surface area contributed by atoms with Crippen molar-refractivity contribution in [3.05, 3.63) is 95.1 Å². The van der Waals surface area contributed by atoms with Crippen LogP contribution in [-0.2, 0) is 23.1 Å². The van der Waals surface area contributed by atoms with Crippen molar-refractivity contribution in [3.63, 3.8) is 0 Å². The molecule has 3 aliphatic carbocycles. The minimum atomic E-state index is -0.149. The van der Waals surface area contributed by atoms with Crippen LogP contribution >= 0.6 is 0 Å². The van der Waals surface area contributed by atoms with Gasteiger partial charge in [-0.1, -0.05) is 66.7 Å². The molecule has 2 bridgehead atoms. The molecule has 2 heterocycles. The number of methoxy groups -OCH3 is 1. The lowest BCUT2D eigenvalue weighted by Gasteiger charge is -2.60. The van der Waals surface area contributed by atoms with Crippen molar-refractivity contribution in [1.29, 1.82) is 0 Å². The Labute approximate surface area is 290 Å². The summed E-state index contributed by atoms with van der Waals surface area (Å²) in [5.41, 5.74) is 4.60. The number of amides is 1. The molecule has 5 aliphatic rings. The zero-order valence-electron chi connectivity index (χ0n) is 28.8. The van der Waals surface area contributed by atoms with Gasteiger partial charge < -0.3 is 19.5 Å². The van der Waals surface area contributed by atoms with Crippen molar-refractivity contribution in [2.75, 3.05) is 26.7 Å². The van der Waals surface area contributed by atoms with E-state index in [-0.39, 0.29) is 35.4 Å². The number of Topliss-reactive ketones (excluding diaryl/α,β-unsaturated/α-hetero) is 1. The number of aryl methyl sites for hydroxylation is 1. The molecule has 2 saturated carbocycles. The van der Waals surface area contributed by atoms with Crippen LogP contribution in [0.5, 0.6) is 11.5 Å². The van der Waals surface area contributed by atoms with Crippen molar-refractivity contribution in [2.24, 2.45) is 11.8 Å². The van der Waals surface area contributed by atoms with E-state index < -0.39 is 0 Å². The first kappa shape index (κ1) is 32.5. The molecule has 1 N–H and O–H groups in total. The summed E-state index contributed by atoms with van der Waals surface area (Å²) in [7, 11) is 1.73. The number of carbonyl (C=O) groups excluding carboxylic acids is 2. The van der Waals surface area contributed by atoms with Crippen LogP contribution < -0.4 is 9.47 Å². The average molecular weight is 663 g/mol. The van der Waals surface area contributed by atoms with E-state index in [1.54, 1.807) is 7.11 Å². The van der Waals surface area contributed by atoms with E-state index in [9.17, 15) is 14.7 Å². The fourth-order valence-corrected chi connectivity index (χ4v) is 10.1. The molecule has 8 rings (SSSR count). The van der Waals surface area contributed by atoms with Crippen LogP contribution in [0.1, 0.15) is 84.8 Å². The van der Waals surface area contributed by atoms with Gasteiger partial charge in [-0.05, 0) is 87.4 Å². The topological polar surface area (TPSA) is 79.3 Å². The summed E-state index contributed by atoms with van der Waals surface area (Å²) in [4.78, 5) is 32.0. The van der Waals surface area contributed by atoms with Gasteiger partial charge in [0.05, 0.1) is 19.3 Å². The van der Waals surface area contributed by atoms with Gasteiger partial charge in [0, 0.05) is 54.4 Å². The molecule has 0 radical (unpaired) electrons. The van der Waals surface area contributed by atoms with Crippen molar-refractivity contribution < 1.29 is 24.2 Å². The van der Waals surface area contributed by atoms with E-state index >= 15 is 0 Å². The summed E-state index contributed by atoms with van der Waals surface area (Å²) in [6, 6.07) is 24.7. The van der Waals surface area contributed by atoms with Gasteiger partial charge in [-0.25, -0.2) is 0 Å². The van der Waals surface area contributed by atoms with Crippen LogP contribution in [0.2, 0.25) is 0 Å². The molecule has 7 heteroatoms. The quantitative estimate of drug-likeness (QED) is 0.159. The molecule has 2 aliphatic heterocycles. The lowest BCUT2D eigenvalue weighted by atomic mass is 9.51. The minimum absolute atomic E-state index is 0.0222. The van der Waals surface area contributed by atoms with Crippen LogP contribution in [0.4, 0.5) is 0 Å². The maximum atomic E-state index is 14.4. The van der Waals surface area contributed by atoms with E-state index in [4.69, 9.17) is 9.47 Å². The van der Waals surface area contributed by atoms with E-state index in [0.717, 1.165) is 75.1 Å². The first-order valence-corrected chi connectivity index (χ1v) is 18.7. The summed E-state index contributed by atoms with van der Waals surface area (Å²) >= 11 is 0. The fraction of sp³-hybridized carbons (Fsp3) is 0.524. The van der Waals surface area contributed by atoms with Crippen molar-refractivity contribution in [1.82, 2.24) is 9.80 Å². The van der Waals surface area contributed by atoms with E-state index in [0.29, 0.717) is 50.1 Å². The Morgan fingerprint density at radius 2 is 1.73 bits per heavy atom. The van der Waals surface area contributed by atoms with Gasteiger partial charge in [-0.15, -0.1) is 0 Å². The smallest absolute Gasteiger partial charge is 0.222 e. The van der Waals surface area contributed by atoms with Gasteiger partial charge in [0.25, 0.3) is 0 Å². The van der Waals surface area contributed by atoms with E-state index in [1.807, 2.05) is 36.4 Å². The number of aliphatic hydroxyl groups excluding tert-OH is 1. The lowest BCUT2D eigenvalue weighted by molar-refractivity contribution is -0.143. The number of rotatable bonds is 14. The fourth-order valence-electron chi connectivity index (χ4n) is 10.1. The van der Waals surface area contributed by atoms with Crippen LogP contribution in [0.3, 0.4) is 0 Å². The number of hydrogen-bond acceptors (Lipinski definition) is 6. The lowest BCUT2D eigenvalue weighted by Crippen LogP contribution is -2.69. The largest absolute Gasteiger partial charge is 0.493 e. The zero-order chi connectivity index (χ0) is 33.5. The maximum absolute atomic E-state index is 14.4. The molecule has 3 aromatic carbocycles. The Morgan fingerprint density at radius 3 is 2.49 bits per heavy atom. The van der Waals surface area contributed by atoms with Gasteiger partial charge in [0.1, 0.15) is 6.10 Å². The number of unbranched alkanes of at least 4 members (excludes halogenated alkanes) is 1. The molecule has 2 unspecified atom stereocenters. The number of likely N-dealkylation sites (tertiary alicyclic amines) is 1. The third-order valence-electron chi connectivity index (χ3n) is 12.5. The molecule has 7 nitrogen and oxygen atoms in total. The number of carbonyl (C=O) groups is 2. The second-order valence-corrected chi connectivity index (χ2v) is 15.2. The monoisotopic (exact) mass is 662 g/mol. The molecule has 0 aromatic heterocycles. The highest BCUT2D eigenvalue weighted by Gasteiger charge is 2.67. The highest BCUT2D eigenvalue weighted by atomic mass is 16.5. The zero-order valence-corrected chi connectivity index (χ0v) is 28.8. The molecule has 1 amide bonds. The molecule has 258 valence electrons. The highest BCUT2D eigenvalue weighted by Crippen LogP contribution is 2.64. The van der Waals surface area contributed by atoms with Crippen molar-refractivity contribution >= 4 is 11.7 Å². The normalized spacial score (nSPS) is 29.1. The standard InChI is InChI=1S/C42H50N2O5/c1-48-37-21-18-30-25-34-32-19-20-33(41-42(32,39(30)40(37)49-41)22-24-43(34)27-31-26-36(31)46)44(23-10-13-28-11-4-2-5-12-28)38(47)17-9-8-16-35(45)29-14-6-3-7-15-29/h2-7,11-12,14-15,18,21,31-34,36,41,46H,8-10,13,16-17,19-20,22-27H2,1H3/t31?,32-,33+,34+,36?,41-,42-/m0/s1. The molecular weight excluding hydrogens is 612 g/mol. The van der Waals surface area contributed by atoms with E-state index in [1.165, 1.54) is 16.7 Å². The summed E-state index contributed by atoms with van der Waals surface area (Å²) < 4.78 is 13.0. The Balaban J connectivity index is 1.05. The molecule has 49 heavy (non-hydrogen) atoms. The number of piperidine rings is 1. The number of ether oxygens (including phenoxy) is 2. The molecule has 1 saturated heterocycles. The Kier molecular flexibility index (Phi) is 9.00. The average Bonchev–Trinajstić information content (AvgIpc) is 3.72. The summed E-state index contributed by atoms with van der Waals surface area (Å²) in [6.45, 7) is 2.66. The molecule has 3 aromatic rings. The second-order valence-electron chi connectivity index (χ2n) is 15.2. The number of aliphatic hydroxyl groups is 1. The Bertz CT molecular complexity index is 1660. The summed E-state index contributed by atoms with van der Waals surface area (Å²) in [5.74, 6) is 2.87. The van der Waals surface area contributed by atoms with Crippen LogP contribution in [0.15, 0.2) is 72.8 Å². The van der Waals surface area contributed by atoms with Crippen LogP contribution in [-0.4, -0.2) is 77.6 Å². The minimum Gasteiger partial charge on any atom is -0.493 e. The van der Waals surface area contributed by atoms with Gasteiger partial charge in [-0.2, -0.15) is 0 Å². The maximum Gasteiger partial charge on any atom is 0.222 e. The first-order valence-electron chi connectivity index (χ1n) is 18.7. The molecule has 1 spiro atoms. The third kappa shape index (κ3) is 5.97. The van der Waals surface area contributed by atoms with E-state index in [2.05, 4.69) is 46.2 Å². The molecule has 7 atom stereocenters. The van der Waals surface area contributed by atoms with Crippen LogP contribution in [0.25, 0.3) is 0 Å². The molecule has 3 fully saturated rings. The predicted molar refractivity (Wildman–Crippen MR) is 189 cm³/mol. The highest BCUT2D eigenvalue weighted by molar-refractivity contribution is 5.96. The van der Waals surface area contributed by atoms with Gasteiger partial charge in [0.2, 0.25) is 5.91 Å².